The van der Waals surface area contributed by atoms with Crippen LogP contribution in [0.5, 0.6) is 0 Å². The van der Waals surface area contributed by atoms with E-state index in [1.807, 2.05) is 14.0 Å². The van der Waals surface area contributed by atoms with Crippen molar-refractivity contribution < 1.29 is 4.52 Å². The fraction of sp³-hybridized carbons (Fsp3) is 0.818. The third-order valence-electron chi connectivity index (χ3n) is 3.35. The van der Waals surface area contributed by atoms with Gasteiger partial charge in [-0.3, -0.25) is 0 Å². The average Bonchev–Trinajstić information content (AvgIpc) is 2.95. The number of nitrogens with one attached hydrogen (secondary N) is 1. The van der Waals surface area contributed by atoms with Crippen LogP contribution in [-0.2, 0) is 0 Å². The molecule has 1 aromatic heterocycles. The number of hydrogen-bond donors (Lipinski definition) is 1. The third kappa shape index (κ3) is 2.25. The molecule has 5 heteroatoms. The quantitative estimate of drug-likeness (QED) is 0.831. The van der Waals surface area contributed by atoms with E-state index < -0.39 is 0 Å². The molecule has 0 radical (unpaired) electrons. The number of rotatable bonds is 4. The van der Waals surface area contributed by atoms with E-state index in [4.69, 9.17) is 4.52 Å². The Bertz CT molecular complexity index is 338. The van der Waals surface area contributed by atoms with Gasteiger partial charge in [0.05, 0.1) is 12.0 Å². The van der Waals surface area contributed by atoms with Crippen molar-refractivity contribution in [2.24, 2.45) is 0 Å². The molecule has 0 saturated carbocycles. The predicted molar refractivity (Wildman–Crippen MR) is 61.2 cm³/mol. The molecule has 1 aliphatic rings. The van der Waals surface area contributed by atoms with E-state index in [-0.39, 0.29) is 6.04 Å². The second-order valence-electron chi connectivity index (χ2n) is 4.38. The van der Waals surface area contributed by atoms with E-state index in [2.05, 4.69) is 27.3 Å². The monoisotopic (exact) mass is 224 g/mol. The summed E-state index contributed by atoms with van der Waals surface area (Å²) in [5.41, 5.74) is 0. The largest absolute Gasteiger partial charge is 0.339 e. The lowest BCUT2D eigenvalue weighted by atomic mass is 10.1. The highest BCUT2D eigenvalue weighted by molar-refractivity contribution is 5.00. The van der Waals surface area contributed by atoms with Gasteiger partial charge in [-0.25, -0.2) is 0 Å². The Hall–Kier alpha value is -0.940. The van der Waals surface area contributed by atoms with E-state index in [0.717, 1.165) is 37.8 Å². The lowest BCUT2D eigenvalue weighted by Crippen LogP contribution is -2.19. The number of likely N-dealkylation sites (N-methyl/N-ethyl adjacent to an activating group) is 1. The minimum atomic E-state index is 0.154. The molecule has 0 bridgehead atoms. The summed E-state index contributed by atoms with van der Waals surface area (Å²) in [6.07, 6.45) is 1.13. The molecule has 1 saturated heterocycles. The van der Waals surface area contributed by atoms with Gasteiger partial charge in [0.2, 0.25) is 5.89 Å². The van der Waals surface area contributed by atoms with E-state index in [0.29, 0.717) is 5.92 Å². The molecule has 0 amide bonds. The van der Waals surface area contributed by atoms with Crippen molar-refractivity contribution in [3.63, 3.8) is 0 Å². The van der Waals surface area contributed by atoms with Crippen molar-refractivity contribution in [1.29, 1.82) is 0 Å². The van der Waals surface area contributed by atoms with Crippen LogP contribution < -0.4 is 5.32 Å². The molecule has 1 N–H and O–H groups in total. The van der Waals surface area contributed by atoms with Crippen LogP contribution in [0.3, 0.4) is 0 Å². The van der Waals surface area contributed by atoms with E-state index in [1.54, 1.807) is 0 Å². The predicted octanol–water partition coefficient (Wildman–Crippen LogP) is 1.16. The highest BCUT2D eigenvalue weighted by Gasteiger charge is 2.27. The molecule has 1 fully saturated rings. The molecule has 1 aromatic rings. The Morgan fingerprint density at radius 3 is 3.06 bits per heavy atom. The Kier molecular flexibility index (Phi) is 3.56. The van der Waals surface area contributed by atoms with E-state index in [1.165, 1.54) is 0 Å². The van der Waals surface area contributed by atoms with Crippen LogP contribution in [0.15, 0.2) is 4.52 Å². The van der Waals surface area contributed by atoms with Gasteiger partial charge in [-0.1, -0.05) is 12.1 Å². The Morgan fingerprint density at radius 2 is 2.44 bits per heavy atom. The molecule has 2 unspecified atom stereocenters. The molecular formula is C11H20N4O. The van der Waals surface area contributed by atoms with Gasteiger partial charge in [0.15, 0.2) is 5.82 Å². The van der Waals surface area contributed by atoms with Crippen molar-refractivity contribution in [3.8, 4) is 0 Å². The first-order chi connectivity index (χ1) is 7.74. The topological polar surface area (TPSA) is 54.2 Å². The standard InChI is InChI=1S/C11H20N4O/c1-4-15-6-5-9(7-15)11-13-10(14-16-11)8(2)12-3/h8-9,12H,4-7H2,1-3H3. The van der Waals surface area contributed by atoms with Gasteiger partial charge in [0.25, 0.3) is 0 Å². The average molecular weight is 224 g/mol. The Labute approximate surface area is 96.2 Å². The van der Waals surface area contributed by atoms with Crippen LogP contribution in [0.4, 0.5) is 0 Å². The third-order valence-corrected chi connectivity index (χ3v) is 3.35. The number of hydrogen-bond acceptors (Lipinski definition) is 5. The summed E-state index contributed by atoms with van der Waals surface area (Å²) < 4.78 is 5.34. The second kappa shape index (κ2) is 4.93. The fourth-order valence-electron chi connectivity index (χ4n) is 2.04. The van der Waals surface area contributed by atoms with E-state index >= 15 is 0 Å². The maximum absolute atomic E-state index is 5.34. The smallest absolute Gasteiger partial charge is 0.231 e. The van der Waals surface area contributed by atoms with Crippen LogP contribution in [-0.4, -0.2) is 41.7 Å². The lowest BCUT2D eigenvalue weighted by Gasteiger charge is -2.10. The van der Waals surface area contributed by atoms with Crippen LogP contribution in [0, 0.1) is 0 Å². The van der Waals surface area contributed by atoms with Crippen LogP contribution in [0.2, 0.25) is 0 Å². The maximum atomic E-state index is 5.34. The minimum absolute atomic E-state index is 0.154. The lowest BCUT2D eigenvalue weighted by molar-refractivity contribution is 0.323. The molecule has 0 spiro atoms. The molecule has 0 aromatic carbocycles. The van der Waals surface area contributed by atoms with Crippen molar-refractivity contribution in [1.82, 2.24) is 20.4 Å². The second-order valence-corrected chi connectivity index (χ2v) is 4.38. The molecule has 16 heavy (non-hydrogen) atoms. The SMILES string of the molecule is CCN1CCC(c2nc(C(C)NC)no2)C1. The summed E-state index contributed by atoms with van der Waals surface area (Å²) >= 11 is 0. The molecule has 90 valence electrons. The molecular weight excluding hydrogens is 204 g/mol. The summed E-state index contributed by atoms with van der Waals surface area (Å²) in [6.45, 7) is 7.50. The zero-order chi connectivity index (χ0) is 11.5. The normalized spacial score (nSPS) is 23.8. The van der Waals surface area contributed by atoms with Gasteiger partial charge in [0, 0.05) is 6.54 Å². The zero-order valence-corrected chi connectivity index (χ0v) is 10.2. The van der Waals surface area contributed by atoms with Crippen LogP contribution in [0.1, 0.15) is 43.9 Å². The van der Waals surface area contributed by atoms with Crippen LogP contribution in [0.25, 0.3) is 0 Å². The van der Waals surface area contributed by atoms with Crippen molar-refractivity contribution in [2.45, 2.75) is 32.2 Å². The van der Waals surface area contributed by atoms with Crippen LogP contribution >= 0.6 is 0 Å². The Morgan fingerprint density at radius 1 is 1.62 bits per heavy atom. The molecule has 0 aliphatic carbocycles. The summed E-state index contributed by atoms with van der Waals surface area (Å²) in [5, 5.41) is 7.12. The highest BCUT2D eigenvalue weighted by Crippen LogP contribution is 2.26. The summed E-state index contributed by atoms with van der Waals surface area (Å²) in [5.74, 6) is 1.98. The molecule has 5 nitrogen and oxygen atoms in total. The van der Waals surface area contributed by atoms with Gasteiger partial charge in [-0.2, -0.15) is 4.98 Å². The first kappa shape index (κ1) is 11.5. The van der Waals surface area contributed by atoms with E-state index in [9.17, 15) is 0 Å². The molecule has 2 atom stereocenters. The van der Waals surface area contributed by atoms with Gasteiger partial charge in [-0.15, -0.1) is 0 Å². The molecule has 2 heterocycles. The van der Waals surface area contributed by atoms with Crippen molar-refractivity contribution in [3.05, 3.63) is 11.7 Å². The van der Waals surface area contributed by atoms with Crippen molar-refractivity contribution >= 4 is 0 Å². The summed E-state index contributed by atoms with van der Waals surface area (Å²) in [6, 6.07) is 0.154. The van der Waals surface area contributed by atoms with Gasteiger partial charge < -0.3 is 14.7 Å². The minimum Gasteiger partial charge on any atom is -0.339 e. The van der Waals surface area contributed by atoms with Gasteiger partial charge in [0.1, 0.15) is 0 Å². The van der Waals surface area contributed by atoms with Crippen molar-refractivity contribution in [2.75, 3.05) is 26.7 Å². The number of nitrogens with zero attached hydrogens (tertiary/aromatic N) is 3. The first-order valence-electron chi connectivity index (χ1n) is 5.97. The maximum Gasteiger partial charge on any atom is 0.231 e. The zero-order valence-electron chi connectivity index (χ0n) is 10.2. The van der Waals surface area contributed by atoms with Gasteiger partial charge in [-0.05, 0) is 33.5 Å². The molecule has 2 rings (SSSR count). The number of likely N-dealkylation sites (tertiary alicyclic amines) is 1. The fourth-order valence-corrected chi connectivity index (χ4v) is 2.04. The number of aromatic nitrogens is 2. The highest BCUT2D eigenvalue weighted by atomic mass is 16.5. The molecule has 1 aliphatic heterocycles. The first-order valence-corrected chi connectivity index (χ1v) is 5.97. The van der Waals surface area contributed by atoms with Gasteiger partial charge >= 0.3 is 0 Å². The summed E-state index contributed by atoms with van der Waals surface area (Å²) in [7, 11) is 1.90. The summed E-state index contributed by atoms with van der Waals surface area (Å²) in [4.78, 5) is 6.88. The Balaban J connectivity index is 2.02.